The minimum atomic E-state index is -0.434. The highest BCUT2D eigenvalue weighted by atomic mass is 32.2. The molecular weight excluding hydrogens is 376 g/mol. The average Bonchev–Trinajstić information content (AvgIpc) is 3.19. The van der Waals surface area contributed by atoms with Crippen molar-refractivity contribution in [3.8, 4) is 0 Å². The lowest BCUT2D eigenvalue weighted by Crippen LogP contribution is -2.36. The summed E-state index contributed by atoms with van der Waals surface area (Å²) < 4.78 is 0. The summed E-state index contributed by atoms with van der Waals surface area (Å²) in [5, 5.41) is 4.19. The minimum Gasteiger partial charge on any atom is -0.324 e. The number of carbonyl (C=O) groups is 3. The molecule has 1 aromatic carbocycles. The smallest absolute Gasteiger partial charge is 0.294 e. The van der Waals surface area contributed by atoms with Crippen LogP contribution >= 0.6 is 34.9 Å². The molecule has 25 heavy (non-hydrogen) atoms. The van der Waals surface area contributed by atoms with Crippen molar-refractivity contribution in [2.24, 2.45) is 0 Å². The highest BCUT2D eigenvalue weighted by molar-refractivity contribution is 8.18. The summed E-state index contributed by atoms with van der Waals surface area (Å²) in [5.41, 5.74) is 0.637. The summed E-state index contributed by atoms with van der Waals surface area (Å²) in [4.78, 5) is 39.8. The van der Waals surface area contributed by atoms with E-state index in [-0.39, 0.29) is 6.54 Å². The summed E-state index contributed by atoms with van der Waals surface area (Å²) in [5.74, 6) is -0.839. The topological polar surface area (TPSA) is 66.5 Å². The quantitative estimate of drug-likeness (QED) is 0.614. The number of thiophene rings is 1. The zero-order chi connectivity index (χ0) is 17.8. The van der Waals surface area contributed by atoms with E-state index in [4.69, 9.17) is 0 Å². The molecule has 1 N–H and O–H groups in total. The maximum Gasteiger partial charge on any atom is 0.294 e. The first-order valence-corrected chi connectivity index (χ1v) is 10.2. The number of anilines is 1. The fourth-order valence-electron chi connectivity index (χ4n) is 2.18. The van der Waals surface area contributed by atoms with Crippen LogP contribution in [0.15, 0.2) is 51.6 Å². The van der Waals surface area contributed by atoms with E-state index in [1.165, 1.54) is 11.3 Å². The first kappa shape index (κ1) is 17.8. The van der Waals surface area contributed by atoms with Gasteiger partial charge in [0.1, 0.15) is 6.54 Å². The molecule has 0 radical (unpaired) electrons. The Balaban J connectivity index is 1.66. The van der Waals surface area contributed by atoms with Crippen LogP contribution in [0.1, 0.15) is 4.88 Å². The fourth-order valence-corrected chi connectivity index (χ4v) is 4.20. The van der Waals surface area contributed by atoms with Gasteiger partial charge in [-0.15, -0.1) is 23.1 Å². The number of amides is 3. The predicted octanol–water partition coefficient (Wildman–Crippen LogP) is 4.15. The number of hydrogen-bond donors (Lipinski definition) is 1. The molecule has 1 aromatic heterocycles. The summed E-state index contributed by atoms with van der Waals surface area (Å²) in [6.45, 7) is -0.296. The third kappa shape index (κ3) is 4.33. The third-order valence-electron chi connectivity index (χ3n) is 3.35. The molecule has 8 heteroatoms. The van der Waals surface area contributed by atoms with Gasteiger partial charge in [0, 0.05) is 15.5 Å². The average molecular weight is 391 g/mol. The van der Waals surface area contributed by atoms with Crippen LogP contribution in [0, 0.1) is 0 Å². The van der Waals surface area contributed by atoms with Crippen LogP contribution in [0.25, 0.3) is 6.08 Å². The highest BCUT2D eigenvalue weighted by Crippen LogP contribution is 2.32. The molecule has 1 fully saturated rings. The van der Waals surface area contributed by atoms with Crippen molar-refractivity contribution in [1.29, 1.82) is 0 Å². The molecule has 5 nitrogen and oxygen atoms in total. The molecule has 0 unspecified atom stereocenters. The Labute approximate surface area is 157 Å². The van der Waals surface area contributed by atoms with Crippen LogP contribution in [0.3, 0.4) is 0 Å². The van der Waals surface area contributed by atoms with Crippen molar-refractivity contribution in [2.75, 3.05) is 18.1 Å². The van der Waals surface area contributed by atoms with Gasteiger partial charge in [-0.2, -0.15) is 0 Å². The summed E-state index contributed by atoms with van der Waals surface area (Å²) in [6.07, 6.45) is 3.62. The molecule has 0 aliphatic carbocycles. The van der Waals surface area contributed by atoms with Crippen LogP contribution in [-0.4, -0.2) is 34.8 Å². The Kier molecular flexibility index (Phi) is 5.62. The van der Waals surface area contributed by atoms with Crippen molar-refractivity contribution in [1.82, 2.24) is 4.90 Å². The second kappa shape index (κ2) is 7.90. The second-order valence-corrected chi connectivity index (χ2v) is 7.92. The molecule has 2 heterocycles. The summed E-state index contributed by atoms with van der Waals surface area (Å²) in [6, 6.07) is 11.1. The Hall–Kier alpha value is -2.03. The number of rotatable bonds is 5. The van der Waals surface area contributed by atoms with E-state index < -0.39 is 17.1 Å². The van der Waals surface area contributed by atoms with Crippen molar-refractivity contribution < 1.29 is 14.4 Å². The Bertz CT molecular complexity index is 847. The van der Waals surface area contributed by atoms with Crippen molar-refractivity contribution in [3.05, 3.63) is 51.6 Å². The summed E-state index contributed by atoms with van der Waals surface area (Å²) in [7, 11) is 0. The normalized spacial score (nSPS) is 15.9. The molecule has 1 aliphatic rings. The van der Waals surface area contributed by atoms with Gasteiger partial charge in [0.15, 0.2) is 0 Å². The number of nitrogens with zero attached hydrogens (tertiary/aromatic N) is 1. The lowest BCUT2D eigenvalue weighted by atomic mass is 10.3. The Morgan fingerprint density at radius 1 is 1.28 bits per heavy atom. The molecular formula is C17H14N2O3S3. The van der Waals surface area contributed by atoms with Gasteiger partial charge in [-0.05, 0) is 53.7 Å². The van der Waals surface area contributed by atoms with Gasteiger partial charge in [-0.1, -0.05) is 12.1 Å². The van der Waals surface area contributed by atoms with Gasteiger partial charge < -0.3 is 5.32 Å². The molecule has 0 saturated carbocycles. The van der Waals surface area contributed by atoms with Gasteiger partial charge in [-0.3, -0.25) is 19.3 Å². The van der Waals surface area contributed by atoms with Gasteiger partial charge in [0.25, 0.3) is 11.1 Å². The van der Waals surface area contributed by atoms with Crippen LogP contribution in [-0.2, 0) is 9.59 Å². The van der Waals surface area contributed by atoms with E-state index in [1.807, 2.05) is 42.0 Å². The van der Waals surface area contributed by atoms with Crippen LogP contribution in [0.2, 0.25) is 0 Å². The van der Waals surface area contributed by atoms with Gasteiger partial charge in [0.2, 0.25) is 5.91 Å². The number of imide groups is 1. The predicted molar refractivity (Wildman–Crippen MR) is 104 cm³/mol. The molecule has 2 aromatic rings. The molecule has 0 atom stereocenters. The van der Waals surface area contributed by atoms with Crippen molar-refractivity contribution in [3.63, 3.8) is 0 Å². The first-order valence-electron chi connectivity index (χ1n) is 7.29. The largest absolute Gasteiger partial charge is 0.324 e. The number of carbonyl (C=O) groups excluding carboxylic acids is 3. The third-order valence-corrected chi connectivity index (χ3v) is 5.80. The Morgan fingerprint density at radius 3 is 2.84 bits per heavy atom. The van der Waals surface area contributed by atoms with E-state index in [0.29, 0.717) is 10.6 Å². The van der Waals surface area contributed by atoms with Crippen molar-refractivity contribution in [2.45, 2.75) is 4.90 Å². The van der Waals surface area contributed by atoms with E-state index >= 15 is 0 Å². The van der Waals surface area contributed by atoms with Crippen molar-refractivity contribution >= 4 is 63.7 Å². The molecule has 3 rings (SSSR count). The first-order chi connectivity index (χ1) is 12.1. The van der Waals surface area contributed by atoms with Crippen LogP contribution in [0.5, 0.6) is 0 Å². The number of nitrogens with one attached hydrogen (secondary N) is 1. The second-order valence-electron chi connectivity index (χ2n) is 5.06. The molecule has 0 bridgehead atoms. The zero-order valence-electron chi connectivity index (χ0n) is 13.2. The Morgan fingerprint density at radius 2 is 2.12 bits per heavy atom. The number of hydrogen-bond acceptors (Lipinski definition) is 6. The standard InChI is InChI=1S/C17H14N2O3S3/c1-23-12-5-2-4-11(8-12)18-15(20)10-19-16(21)14(25-17(19)22)9-13-6-3-7-24-13/h2-9H,10H2,1H3,(H,18,20)/b14-9+. The van der Waals surface area contributed by atoms with Crippen LogP contribution in [0.4, 0.5) is 10.5 Å². The molecule has 3 amide bonds. The van der Waals surface area contributed by atoms with Gasteiger partial charge >= 0.3 is 0 Å². The van der Waals surface area contributed by atoms with E-state index in [2.05, 4.69) is 5.32 Å². The molecule has 1 aliphatic heterocycles. The monoisotopic (exact) mass is 390 g/mol. The molecule has 0 spiro atoms. The minimum absolute atomic E-state index is 0.296. The van der Waals surface area contributed by atoms with Gasteiger partial charge in [0.05, 0.1) is 4.91 Å². The lowest BCUT2D eigenvalue weighted by molar-refractivity contribution is -0.127. The maximum absolute atomic E-state index is 12.4. The maximum atomic E-state index is 12.4. The van der Waals surface area contributed by atoms with E-state index in [9.17, 15) is 14.4 Å². The lowest BCUT2D eigenvalue weighted by Gasteiger charge is -2.12. The fraction of sp³-hybridized carbons (Fsp3) is 0.118. The number of thioether (sulfide) groups is 2. The van der Waals surface area contributed by atoms with Crippen LogP contribution < -0.4 is 5.32 Å². The SMILES string of the molecule is CSc1cccc(NC(=O)CN2C(=O)S/C(=C/c3cccs3)C2=O)c1. The molecule has 128 valence electrons. The van der Waals surface area contributed by atoms with Gasteiger partial charge in [-0.25, -0.2) is 0 Å². The highest BCUT2D eigenvalue weighted by Gasteiger charge is 2.36. The summed E-state index contributed by atoms with van der Waals surface area (Å²) >= 11 is 3.90. The van der Waals surface area contributed by atoms with E-state index in [1.54, 1.807) is 23.9 Å². The molecule has 1 saturated heterocycles. The zero-order valence-corrected chi connectivity index (χ0v) is 15.7. The number of benzene rings is 1. The van der Waals surface area contributed by atoms with E-state index in [0.717, 1.165) is 26.4 Å².